The molecular weight excluding hydrogens is 404 g/mol. The number of nitrogens with zero attached hydrogens (tertiary/aromatic N) is 1. The van der Waals surface area contributed by atoms with Crippen LogP contribution in [-0.2, 0) is 20.7 Å². The first-order valence-electron chi connectivity index (χ1n) is 10.9. The molecule has 7 nitrogen and oxygen atoms in total. The quantitative estimate of drug-likeness (QED) is 0.508. The molecule has 0 atom stereocenters. The van der Waals surface area contributed by atoms with Crippen LogP contribution in [0.5, 0.6) is 0 Å². The minimum absolute atomic E-state index is 0.0510. The van der Waals surface area contributed by atoms with Gasteiger partial charge in [-0.1, -0.05) is 30.3 Å². The summed E-state index contributed by atoms with van der Waals surface area (Å²) in [6.45, 7) is 3.23. The molecule has 2 heterocycles. The van der Waals surface area contributed by atoms with Gasteiger partial charge >= 0.3 is 0 Å². The largest absolute Gasteiger partial charge is 0.379 e. The van der Waals surface area contributed by atoms with Crippen molar-refractivity contribution in [1.29, 1.82) is 0 Å². The van der Waals surface area contributed by atoms with Gasteiger partial charge in [-0.2, -0.15) is 0 Å². The standard InChI is InChI=1S/C25H28N4O3/c30-24(13-11-20-10-12-23(26-20)19-4-2-1-3-5-19)27-21-6-8-22(9-7-21)28-25(31)18-29-14-16-32-17-15-29/h1-10,12,26H,11,13-18H2,(H,27,30)(H,28,31). The molecule has 166 valence electrons. The van der Waals surface area contributed by atoms with Crippen molar-refractivity contribution in [2.24, 2.45) is 0 Å². The van der Waals surface area contributed by atoms with Gasteiger partial charge in [-0.25, -0.2) is 0 Å². The summed E-state index contributed by atoms with van der Waals surface area (Å²) in [6, 6.07) is 21.3. The molecule has 1 aromatic heterocycles. The van der Waals surface area contributed by atoms with Crippen LogP contribution >= 0.6 is 0 Å². The SMILES string of the molecule is O=C(CCc1ccc(-c2ccccc2)[nH]1)Nc1ccc(NC(=O)CN2CCOCC2)cc1. The van der Waals surface area contributed by atoms with Crippen molar-refractivity contribution in [2.75, 3.05) is 43.5 Å². The van der Waals surface area contributed by atoms with Crippen LogP contribution in [0.3, 0.4) is 0 Å². The van der Waals surface area contributed by atoms with Crippen LogP contribution in [-0.4, -0.2) is 54.5 Å². The summed E-state index contributed by atoms with van der Waals surface area (Å²) < 4.78 is 5.30. The predicted octanol–water partition coefficient (Wildman–Crippen LogP) is 3.52. The van der Waals surface area contributed by atoms with Crippen LogP contribution in [0.4, 0.5) is 11.4 Å². The first kappa shape index (κ1) is 21.8. The molecule has 1 fully saturated rings. The number of carbonyl (C=O) groups is 2. The molecule has 3 aromatic rings. The average molecular weight is 433 g/mol. The van der Waals surface area contributed by atoms with Gasteiger partial charge in [0.25, 0.3) is 0 Å². The van der Waals surface area contributed by atoms with Gasteiger partial charge in [-0.3, -0.25) is 14.5 Å². The number of hydrogen-bond acceptors (Lipinski definition) is 4. The molecule has 0 aliphatic carbocycles. The van der Waals surface area contributed by atoms with Crippen LogP contribution in [0.25, 0.3) is 11.3 Å². The fraction of sp³-hybridized carbons (Fsp3) is 0.280. The Kier molecular flexibility index (Phi) is 7.32. The molecule has 1 aliphatic heterocycles. The second kappa shape index (κ2) is 10.7. The van der Waals surface area contributed by atoms with Crippen molar-refractivity contribution in [1.82, 2.24) is 9.88 Å². The van der Waals surface area contributed by atoms with Gasteiger partial charge in [0.05, 0.1) is 19.8 Å². The lowest BCUT2D eigenvalue weighted by Gasteiger charge is -2.25. The van der Waals surface area contributed by atoms with Gasteiger partial charge in [0.15, 0.2) is 0 Å². The number of amides is 2. The summed E-state index contributed by atoms with van der Waals surface area (Å²) in [5.41, 5.74) is 4.61. The molecule has 1 aliphatic rings. The normalized spacial score (nSPS) is 14.1. The van der Waals surface area contributed by atoms with Crippen molar-refractivity contribution in [3.63, 3.8) is 0 Å². The molecule has 2 amide bonds. The maximum absolute atomic E-state index is 12.3. The number of H-pyrrole nitrogens is 1. The molecular formula is C25H28N4O3. The molecule has 0 radical (unpaired) electrons. The highest BCUT2D eigenvalue weighted by Crippen LogP contribution is 2.19. The van der Waals surface area contributed by atoms with Crippen molar-refractivity contribution in [3.8, 4) is 11.3 Å². The Morgan fingerprint density at radius 3 is 2.19 bits per heavy atom. The van der Waals surface area contributed by atoms with Crippen molar-refractivity contribution < 1.29 is 14.3 Å². The molecule has 7 heteroatoms. The second-order valence-electron chi connectivity index (χ2n) is 7.83. The molecule has 0 unspecified atom stereocenters. The van der Waals surface area contributed by atoms with Crippen LogP contribution in [0.2, 0.25) is 0 Å². The summed E-state index contributed by atoms with van der Waals surface area (Å²) in [5.74, 6) is -0.102. The summed E-state index contributed by atoms with van der Waals surface area (Å²) in [6.07, 6.45) is 1.02. The van der Waals surface area contributed by atoms with Crippen LogP contribution in [0, 0.1) is 0 Å². The van der Waals surface area contributed by atoms with E-state index in [2.05, 4.69) is 32.7 Å². The lowest BCUT2D eigenvalue weighted by atomic mass is 10.2. The van der Waals surface area contributed by atoms with Crippen LogP contribution < -0.4 is 10.6 Å². The van der Waals surface area contributed by atoms with E-state index in [1.165, 1.54) is 0 Å². The molecule has 2 aromatic carbocycles. The predicted molar refractivity (Wildman–Crippen MR) is 126 cm³/mol. The first-order valence-corrected chi connectivity index (χ1v) is 10.9. The number of hydrogen-bond donors (Lipinski definition) is 3. The summed E-state index contributed by atoms with van der Waals surface area (Å²) in [7, 11) is 0. The molecule has 32 heavy (non-hydrogen) atoms. The number of aryl methyl sites for hydroxylation is 1. The minimum atomic E-state index is -0.0514. The zero-order valence-electron chi connectivity index (χ0n) is 18.0. The summed E-state index contributed by atoms with van der Waals surface area (Å²) in [5, 5.41) is 5.80. The molecule has 0 saturated carbocycles. The Bertz CT molecular complexity index is 1020. The minimum Gasteiger partial charge on any atom is -0.379 e. The van der Waals surface area contributed by atoms with Gasteiger partial charge in [-0.05, 0) is 48.4 Å². The molecule has 3 N–H and O–H groups in total. The third-order valence-corrected chi connectivity index (χ3v) is 5.38. The number of rotatable bonds is 8. The summed E-state index contributed by atoms with van der Waals surface area (Å²) in [4.78, 5) is 30.0. The first-order chi connectivity index (χ1) is 15.7. The maximum atomic E-state index is 12.3. The number of aromatic amines is 1. The van der Waals surface area contributed by atoms with Gasteiger partial charge in [0.1, 0.15) is 0 Å². The highest BCUT2D eigenvalue weighted by atomic mass is 16.5. The van der Waals surface area contributed by atoms with Crippen LogP contribution in [0.15, 0.2) is 66.7 Å². The topological polar surface area (TPSA) is 86.5 Å². The van der Waals surface area contributed by atoms with Crippen LogP contribution in [0.1, 0.15) is 12.1 Å². The van der Waals surface area contributed by atoms with E-state index >= 15 is 0 Å². The number of nitrogens with one attached hydrogen (secondary N) is 3. The smallest absolute Gasteiger partial charge is 0.238 e. The zero-order valence-corrected chi connectivity index (χ0v) is 18.0. The van der Waals surface area contributed by atoms with Gasteiger partial charge in [-0.15, -0.1) is 0 Å². The Balaban J connectivity index is 1.21. The average Bonchev–Trinajstić information content (AvgIpc) is 3.29. The van der Waals surface area contributed by atoms with Gasteiger partial charge in [0.2, 0.25) is 11.8 Å². The Hall–Kier alpha value is -3.42. The number of ether oxygens (including phenoxy) is 1. The Morgan fingerprint density at radius 1 is 0.844 bits per heavy atom. The van der Waals surface area contributed by atoms with E-state index < -0.39 is 0 Å². The van der Waals surface area contributed by atoms with E-state index in [4.69, 9.17) is 4.74 Å². The van der Waals surface area contributed by atoms with E-state index in [0.717, 1.165) is 30.0 Å². The number of anilines is 2. The van der Waals surface area contributed by atoms with E-state index in [9.17, 15) is 9.59 Å². The second-order valence-corrected chi connectivity index (χ2v) is 7.83. The van der Waals surface area contributed by atoms with E-state index in [0.29, 0.717) is 44.0 Å². The number of aromatic nitrogens is 1. The number of morpholine rings is 1. The van der Waals surface area contributed by atoms with Gasteiger partial charge < -0.3 is 20.4 Å². The highest BCUT2D eigenvalue weighted by Gasteiger charge is 2.14. The fourth-order valence-corrected chi connectivity index (χ4v) is 3.64. The monoisotopic (exact) mass is 432 g/mol. The molecule has 0 spiro atoms. The van der Waals surface area contributed by atoms with Crippen molar-refractivity contribution in [2.45, 2.75) is 12.8 Å². The van der Waals surface area contributed by atoms with Gasteiger partial charge in [0, 0.05) is 42.3 Å². The zero-order chi connectivity index (χ0) is 22.2. The molecule has 4 rings (SSSR count). The number of carbonyl (C=O) groups excluding carboxylic acids is 2. The third kappa shape index (κ3) is 6.29. The van der Waals surface area contributed by atoms with E-state index in [-0.39, 0.29) is 11.8 Å². The molecule has 1 saturated heterocycles. The van der Waals surface area contributed by atoms with Crippen molar-refractivity contribution in [3.05, 3.63) is 72.4 Å². The summed E-state index contributed by atoms with van der Waals surface area (Å²) >= 11 is 0. The van der Waals surface area contributed by atoms with Crippen molar-refractivity contribution >= 4 is 23.2 Å². The van der Waals surface area contributed by atoms with E-state index in [1.807, 2.05) is 30.3 Å². The lowest BCUT2D eigenvalue weighted by molar-refractivity contribution is -0.118. The Labute approximate surface area is 187 Å². The Morgan fingerprint density at radius 2 is 1.50 bits per heavy atom. The molecule has 0 bridgehead atoms. The highest BCUT2D eigenvalue weighted by molar-refractivity contribution is 5.93. The number of benzene rings is 2. The lowest BCUT2D eigenvalue weighted by Crippen LogP contribution is -2.41. The van der Waals surface area contributed by atoms with E-state index in [1.54, 1.807) is 24.3 Å². The fourth-order valence-electron chi connectivity index (χ4n) is 3.64. The maximum Gasteiger partial charge on any atom is 0.238 e. The third-order valence-electron chi connectivity index (χ3n) is 5.38.